The van der Waals surface area contributed by atoms with Crippen LogP contribution in [0, 0.1) is 0 Å². The van der Waals surface area contributed by atoms with E-state index in [1.165, 1.54) is 0 Å². The van der Waals surface area contributed by atoms with Gasteiger partial charge in [0.05, 0.1) is 11.6 Å². The molecule has 0 fully saturated rings. The summed E-state index contributed by atoms with van der Waals surface area (Å²) in [5.74, 6) is 0. The van der Waals surface area contributed by atoms with Gasteiger partial charge in [-0.2, -0.15) is 5.10 Å². The molecule has 14 heavy (non-hydrogen) atoms. The first-order chi connectivity index (χ1) is 6.75. The molecule has 0 bridgehead atoms. The number of aryl methyl sites for hydroxylation is 1. The third kappa shape index (κ3) is 2.05. The van der Waals surface area contributed by atoms with E-state index in [1.807, 2.05) is 12.4 Å². The molecule has 0 atom stereocenters. The molecular weight excluding hydrogens is 220 g/mol. The van der Waals surface area contributed by atoms with Gasteiger partial charge in [0.2, 0.25) is 0 Å². The zero-order valence-electron chi connectivity index (χ0n) is 7.57. The van der Waals surface area contributed by atoms with E-state index >= 15 is 0 Å². The Labute approximate surface area is 90.5 Å². The number of aromatic nitrogens is 3. The topological polar surface area (TPSA) is 42.7 Å². The molecule has 4 nitrogen and oxygen atoms in total. The van der Waals surface area contributed by atoms with E-state index in [0.717, 1.165) is 10.8 Å². The normalized spacial score (nSPS) is 10.4. The molecule has 0 spiro atoms. The van der Waals surface area contributed by atoms with E-state index in [-0.39, 0.29) is 0 Å². The largest absolute Gasteiger partial charge is 0.356 e. The molecule has 2 aromatic rings. The van der Waals surface area contributed by atoms with Gasteiger partial charge in [-0.3, -0.25) is 4.68 Å². The summed E-state index contributed by atoms with van der Waals surface area (Å²) in [6.45, 7) is 0.604. The predicted octanol–water partition coefficient (Wildman–Crippen LogP) is 2.14. The predicted molar refractivity (Wildman–Crippen MR) is 57.7 cm³/mol. The number of hydrogen-bond acceptors (Lipinski definition) is 4. The van der Waals surface area contributed by atoms with Crippen molar-refractivity contribution >= 4 is 28.1 Å². The molecule has 0 aromatic carbocycles. The standard InChI is InChI=1S/C8H9ClN4S/c1-13-5-6(9)7(12-13)4-11-8-10-2-3-14-8/h2-3,5H,4H2,1H3,(H,10,11). The van der Waals surface area contributed by atoms with Crippen molar-refractivity contribution in [3.05, 3.63) is 28.5 Å². The second-order valence-corrected chi connectivity index (χ2v) is 4.09. The highest BCUT2D eigenvalue weighted by Gasteiger charge is 2.04. The minimum Gasteiger partial charge on any atom is -0.356 e. The molecule has 0 unspecified atom stereocenters. The van der Waals surface area contributed by atoms with Gasteiger partial charge in [-0.25, -0.2) is 4.98 Å². The minimum atomic E-state index is 0.604. The first-order valence-corrected chi connectivity index (χ1v) is 5.33. The summed E-state index contributed by atoms with van der Waals surface area (Å²) in [4.78, 5) is 4.10. The molecule has 0 aliphatic rings. The lowest BCUT2D eigenvalue weighted by Gasteiger charge is -1.98. The Morgan fingerprint density at radius 1 is 1.64 bits per heavy atom. The van der Waals surface area contributed by atoms with E-state index in [4.69, 9.17) is 11.6 Å². The summed E-state index contributed by atoms with van der Waals surface area (Å²) in [6.07, 6.45) is 3.54. The zero-order valence-corrected chi connectivity index (χ0v) is 9.14. The van der Waals surface area contributed by atoms with Crippen molar-refractivity contribution in [3.63, 3.8) is 0 Å². The average Bonchev–Trinajstić information content (AvgIpc) is 2.72. The van der Waals surface area contributed by atoms with Crippen LogP contribution >= 0.6 is 22.9 Å². The number of rotatable bonds is 3. The van der Waals surface area contributed by atoms with Gasteiger partial charge in [0, 0.05) is 24.8 Å². The van der Waals surface area contributed by atoms with Gasteiger partial charge in [0.25, 0.3) is 0 Å². The first kappa shape index (κ1) is 9.48. The Bertz CT molecular complexity index is 409. The molecule has 2 heterocycles. The number of halogens is 1. The maximum atomic E-state index is 5.94. The second kappa shape index (κ2) is 3.98. The molecule has 0 saturated heterocycles. The fourth-order valence-corrected chi connectivity index (χ4v) is 1.87. The van der Waals surface area contributed by atoms with Crippen LogP contribution in [0.2, 0.25) is 5.02 Å². The molecule has 0 amide bonds. The molecule has 0 radical (unpaired) electrons. The van der Waals surface area contributed by atoms with Crippen LogP contribution in [0.5, 0.6) is 0 Å². The van der Waals surface area contributed by atoms with Crippen LogP contribution in [0.4, 0.5) is 5.13 Å². The zero-order chi connectivity index (χ0) is 9.97. The SMILES string of the molecule is Cn1cc(Cl)c(CNc2nccs2)n1. The van der Waals surface area contributed by atoms with Gasteiger partial charge in [-0.05, 0) is 0 Å². The Balaban J connectivity index is 2.01. The molecular formula is C8H9ClN4S. The summed E-state index contributed by atoms with van der Waals surface area (Å²) in [5, 5.41) is 10.8. The van der Waals surface area contributed by atoms with E-state index in [9.17, 15) is 0 Å². The summed E-state index contributed by atoms with van der Waals surface area (Å²) >= 11 is 7.50. The van der Waals surface area contributed by atoms with Crippen molar-refractivity contribution in [2.45, 2.75) is 6.54 Å². The first-order valence-electron chi connectivity index (χ1n) is 4.07. The van der Waals surface area contributed by atoms with E-state index < -0.39 is 0 Å². The Morgan fingerprint density at radius 2 is 2.50 bits per heavy atom. The Kier molecular flexibility index (Phi) is 2.69. The lowest BCUT2D eigenvalue weighted by Crippen LogP contribution is -2.00. The van der Waals surface area contributed by atoms with Crippen molar-refractivity contribution in [1.29, 1.82) is 0 Å². The van der Waals surface area contributed by atoms with Crippen LogP contribution in [0.1, 0.15) is 5.69 Å². The number of hydrogen-bond donors (Lipinski definition) is 1. The fourth-order valence-electron chi connectivity index (χ4n) is 1.10. The lowest BCUT2D eigenvalue weighted by molar-refractivity contribution is 0.747. The average molecular weight is 229 g/mol. The van der Waals surface area contributed by atoms with E-state index in [1.54, 1.807) is 28.4 Å². The summed E-state index contributed by atoms with van der Waals surface area (Å²) in [7, 11) is 1.85. The highest BCUT2D eigenvalue weighted by atomic mass is 35.5. The third-order valence-corrected chi connectivity index (χ3v) is 2.74. The van der Waals surface area contributed by atoms with Crippen molar-refractivity contribution in [1.82, 2.24) is 14.8 Å². The summed E-state index contributed by atoms with van der Waals surface area (Å²) in [6, 6.07) is 0. The molecule has 6 heteroatoms. The van der Waals surface area contributed by atoms with E-state index in [0.29, 0.717) is 11.6 Å². The van der Waals surface area contributed by atoms with Crippen molar-refractivity contribution in [2.24, 2.45) is 7.05 Å². The maximum Gasteiger partial charge on any atom is 0.182 e. The van der Waals surface area contributed by atoms with Crippen LogP contribution in [-0.2, 0) is 13.6 Å². The number of nitrogens with one attached hydrogen (secondary N) is 1. The van der Waals surface area contributed by atoms with Crippen LogP contribution in [-0.4, -0.2) is 14.8 Å². The number of thiazole rings is 1. The van der Waals surface area contributed by atoms with Crippen LogP contribution in [0.15, 0.2) is 17.8 Å². The third-order valence-electron chi connectivity index (χ3n) is 1.69. The van der Waals surface area contributed by atoms with Gasteiger partial charge in [-0.15, -0.1) is 11.3 Å². The summed E-state index contributed by atoms with van der Waals surface area (Å²) < 4.78 is 1.70. The quantitative estimate of drug-likeness (QED) is 0.876. The molecule has 2 aromatic heterocycles. The molecule has 74 valence electrons. The lowest BCUT2D eigenvalue weighted by atomic mass is 10.4. The highest BCUT2D eigenvalue weighted by molar-refractivity contribution is 7.13. The molecule has 0 aliphatic heterocycles. The Hall–Kier alpha value is -1.07. The van der Waals surface area contributed by atoms with Gasteiger partial charge in [0.15, 0.2) is 5.13 Å². The minimum absolute atomic E-state index is 0.604. The summed E-state index contributed by atoms with van der Waals surface area (Å²) in [5.41, 5.74) is 0.837. The van der Waals surface area contributed by atoms with Crippen LogP contribution in [0.25, 0.3) is 0 Å². The number of anilines is 1. The molecule has 0 saturated carbocycles. The van der Waals surface area contributed by atoms with Crippen LogP contribution in [0.3, 0.4) is 0 Å². The monoisotopic (exact) mass is 228 g/mol. The number of nitrogens with zero attached hydrogens (tertiary/aromatic N) is 3. The smallest absolute Gasteiger partial charge is 0.182 e. The van der Waals surface area contributed by atoms with Gasteiger partial charge < -0.3 is 5.32 Å². The molecule has 1 N–H and O–H groups in total. The van der Waals surface area contributed by atoms with Crippen molar-refractivity contribution < 1.29 is 0 Å². The fraction of sp³-hybridized carbons (Fsp3) is 0.250. The van der Waals surface area contributed by atoms with Crippen LogP contribution < -0.4 is 5.32 Å². The molecule has 2 rings (SSSR count). The van der Waals surface area contributed by atoms with Gasteiger partial charge in [-0.1, -0.05) is 11.6 Å². The maximum absolute atomic E-state index is 5.94. The van der Waals surface area contributed by atoms with E-state index in [2.05, 4.69) is 15.4 Å². The van der Waals surface area contributed by atoms with Crippen molar-refractivity contribution in [3.8, 4) is 0 Å². The molecule has 0 aliphatic carbocycles. The van der Waals surface area contributed by atoms with Crippen molar-refractivity contribution in [2.75, 3.05) is 5.32 Å². The highest BCUT2D eigenvalue weighted by Crippen LogP contribution is 2.16. The van der Waals surface area contributed by atoms with Gasteiger partial charge >= 0.3 is 0 Å². The van der Waals surface area contributed by atoms with Gasteiger partial charge in [0.1, 0.15) is 5.69 Å². The second-order valence-electron chi connectivity index (χ2n) is 2.79. The Morgan fingerprint density at radius 3 is 3.07 bits per heavy atom.